The number of hydrogen-bond acceptors (Lipinski definition) is 4. The molecular formula is C13H15F4IO5S. The van der Waals surface area contributed by atoms with Crippen molar-refractivity contribution in [3.05, 3.63) is 10.2 Å². The molecule has 0 aliphatic heterocycles. The number of carbonyl (C=O) groups excluding carboxylic acids is 1. The van der Waals surface area contributed by atoms with Crippen LogP contribution in [0.15, 0.2) is 10.2 Å². The fraction of sp³-hybridized carbons (Fsp3) is 0.769. The van der Waals surface area contributed by atoms with Gasteiger partial charge in [-0.05, 0) is 59.6 Å². The smallest absolute Gasteiger partial charge is 0.431 e. The Morgan fingerprint density at radius 1 is 1.21 bits per heavy atom. The van der Waals surface area contributed by atoms with E-state index in [0.717, 1.165) is 0 Å². The van der Waals surface area contributed by atoms with Crippen molar-refractivity contribution >= 4 is 38.7 Å². The highest BCUT2D eigenvalue weighted by atomic mass is 127. The summed E-state index contributed by atoms with van der Waals surface area (Å²) in [5.41, 5.74) is 0. The summed E-state index contributed by atoms with van der Waals surface area (Å²) in [4.78, 5) is 11.3. The average molecular weight is 486 g/mol. The molecule has 2 bridgehead atoms. The van der Waals surface area contributed by atoms with Crippen LogP contribution in [0.1, 0.15) is 19.3 Å². The van der Waals surface area contributed by atoms with E-state index in [4.69, 9.17) is 9.29 Å². The van der Waals surface area contributed by atoms with Crippen LogP contribution in [0.3, 0.4) is 0 Å². The average Bonchev–Trinajstić information content (AvgIpc) is 3.02. The van der Waals surface area contributed by atoms with Gasteiger partial charge in [-0.3, -0.25) is 4.55 Å². The van der Waals surface area contributed by atoms with Gasteiger partial charge in [0.1, 0.15) is 0 Å². The Bertz CT molecular complexity index is 651. The molecule has 2 fully saturated rings. The molecule has 0 amide bonds. The molecule has 0 aromatic heterocycles. The number of hydrogen-bond donors (Lipinski definition) is 1. The number of esters is 1. The lowest BCUT2D eigenvalue weighted by Crippen LogP contribution is -2.53. The van der Waals surface area contributed by atoms with Crippen LogP contribution in [0, 0.1) is 23.7 Å². The Balaban J connectivity index is 2.05. The summed E-state index contributed by atoms with van der Waals surface area (Å²) in [6, 6.07) is 0. The lowest BCUT2D eigenvalue weighted by Gasteiger charge is -2.35. The van der Waals surface area contributed by atoms with Crippen LogP contribution in [0.5, 0.6) is 0 Å². The lowest BCUT2D eigenvalue weighted by molar-refractivity contribution is -0.204. The first-order chi connectivity index (χ1) is 10.8. The molecular weight excluding hydrogens is 471 g/mol. The third kappa shape index (κ3) is 3.30. The molecule has 2 rings (SSSR count). The van der Waals surface area contributed by atoms with Crippen molar-refractivity contribution in [1.82, 2.24) is 0 Å². The molecule has 2 saturated carbocycles. The molecule has 0 radical (unpaired) electrons. The van der Waals surface area contributed by atoms with Crippen molar-refractivity contribution < 1.29 is 40.1 Å². The maximum Gasteiger partial charge on any atom is 0.431 e. The quantitative estimate of drug-likeness (QED) is 0.205. The zero-order chi connectivity index (χ0) is 18.5. The maximum atomic E-state index is 14.0. The third-order valence-electron chi connectivity index (χ3n) is 4.83. The van der Waals surface area contributed by atoms with Gasteiger partial charge in [-0.2, -0.15) is 26.0 Å². The molecule has 24 heavy (non-hydrogen) atoms. The van der Waals surface area contributed by atoms with Crippen molar-refractivity contribution in [2.45, 2.75) is 30.4 Å². The van der Waals surface area contributed by atoms with Gasteiger partial charge in [-0.15, -0.1) is 0 Å². The fourth-order valence-corrected chi connectivity index (χ4v) is 4.34. The molecule has 2 aliphatic carbocycles. The minimum atomic E-state index is -6.22. The Labute approximate surface area is 149 Å². The van der Waals surface area contributed by atoms with Gasteiger partial charge in [0, 0.05) is 5.92 Å². The van der Waals surface area contributed by atoms with E-state index in [1.54, 1.807) is 22.6 Å². The number of fused-ring (bicyclic) bond motifs is 2. The second kappa shape index (κ2) is 6.38. The molecule has 0 heterocycles. The Morgan fingerprint density at radius 3 is 2.21 bits per heavy atom. The summed E-state index contributed by atoms with van der Waals surface area (Å²) in [5.74, 6) is -8.74. The second-order valence-corrected chi connectivity index (χ2v) is 8.98. The molecule has 0 saturated heterocycles. The summed E-state index contributed by atoms with van der Waals surface area (Å²) in [6.45, 7) is 3.37. The van der Waals surface area contributed by atoms with Gasteiger partial charge in [0.05, 0.1) is 10.2 Å². The number of alkyl halides is 4. The third-order valence-corrected chi connectivity index (χ3v) is 6.19. The molecule has 0 spiro atoms. The summed E-state index contributed by atoms with van der Waals surface area (Å²) in [7, 11) is -6.22. The number of carbonyl (C=O) groups is 1. The van der Waals surface area contributed by atoms with E-state index in [1.165, 1.54) is 0 Å². The van der Waals surface area contributed by atoms with Gasteiger partial charge < -0.3 is 4.74 Å². The molecule has 4 unspecified atom stereocenters. The van der Waals surface area contributed by atoms with Crippen LogP contribution >= 0.6 is 22.6 Å². The van der Waals surface area contributed by atoms with E-state index in [2.05, 4.69) is 6.58 Å². The van der Waals surface area contributed by atoms with Gasteiger partial charge in [-0.25, -0.2) is 4.79 Å². The molecule has 5 nitrogen and oxygen atoms in total. The van der Waals surface area contributed by atoms with E-state index in [0.29, 0.717) is 0 Å². The standard InChI is InChI=1S/C13H15F4IO5S/c1-6(18)11(19)23-5-9-3-8-2-7(9)4-10(8)12(14,15)13(16,17)24(20,21)22/h7-10H,1-5H2,(H,20,21,22). The van der Waals surface area contributed by atoms with Gasteiger partial charge in [0.15, 0.2) is 0 Å². The Morgan fingerprint density at radius 2 is 1.79 bits per heavy atom. The monoisotopic (exact) mass is 486 g/mol. The van der Waals surface area contributed by atoms with Crippen LogP contribution in [-0.2, 0) is 19.6 Å². The normalized spacial score (nSPS) is 30.4. The van der Waals surface area contributed by atoms with E-state index in [1.807, 2.05) is 0 Å². The topological polar surface area (TPSA) is 80.7 Å². The summed E-state index contributed by atoms with van der Waals surface area (Å²) in [5, 5.41) is -5.53. The second-order valence-electron chi connectivity index (χ2n) is 6.21. The van der Waals surface area contributed by atoms with E-state index in [-0.39, 0.29) is 41.3 Å². The minimum Gasteiger partial charge on any atom is -0.461 e. The summed E-state index contributed by atoms with van der Waals surface area (Å²) < 4.78 is 89.8. The summed E-state index contributed by atoms with van der Waals surface area (Å²) in [6.07, 6.45) is 0.0544. The van der Waals surface area contributed by atoms with Crippen LogP contribution in [0.4, 0.5) is 17.6 Å². The SMILES string of the molecule is C=C(I)C(=O)OCC1CC2CC1CC2C(F)(F)C(F)(F)S(=O)(=O)O. The number of ether oxygens (including phenoxy) is 1. The van der Waals surface area contributed by atoms with Crippen molar-refractivity contribution in [2.75, 3.05) is 6.61 Å². The predicted octanol–water partition coefficient (Wildman–Crippen LogP) is 3.26. The molecule has 11 heteroatoms. The largest absolute Gasteiger partial charge is 0.461 e. The zero-order valence-corrected chi connectivity index (χ0v) is 15.2. The van der Waals surface area contributed by atoms with Crippen molar-refractivity contribution in [1.29, 1.82) is 0 Å². The van der Waals surface area contributed by atoms with E-state index >= 15 is 0 Å². The van der Waals surface area contributed by atoms with Gasteiger partial charge in [0.2, 0.25) is 0 Å². The molecule has 138 valence electrons. The van der Waals surface area contributed by atoms with Crippen molar-refractivity contribution in [2.24, 2.45) is 23.7 Å². The highest BCUT2D eigenvalue weighted by Gasteiger charge is 2.72. The molecule has 4 atom stereocenters. The highest BCUT2D eigenvalue weighted by Crippen LogP contribution is 2.59. The predicted molar refractivity (Wildman–Crippen MR) is 83.4 cm³/mol. The van der Waals surface area contributed by atoms with Crippen molar-refractivity contribution in [3.63, 3.8) is 0 Å². The van der Waals surface area contributed by atoms with Crippen LogP contribution in [0.2, 0.25) is 0 Å². The van der Waals surface area contributed by atoms with Crippen LogP contribution in [0.25, 0.3) is 0 Å². The maximum absolute atomic E-state index is 14.0. The molecule has 2 aliphatic rings. The highest BCUT2D eigenvalue weighted by molar-refractivity contribution is 14.1. The zero-order valence-electron chi connectivity index (χ0n) is 12.2. The van der Waals surface area contributed by atoms with Crippen LogP contribution < -0.4 is 0 Å². The molecule has 0 aromatic carbocycles. The molecule has 1 N–H and O–H groups in total. The first kappa shape index (κ1) is 19.9. The van der Waals surface area contributed by atoms with Crippen LogP contribution in [-0.4, -0.2) is 36.7 Å². The first-order valence-electron chi connectivity index (χ1n) is 7.03. The van der Waals surface area contributed by atoms with Gasteiger partial charge >= 0.3 is 27.3 Å². The fourth-order valence-electron chi connectivity index (χ4n) is 3.69. The van der Waals surface area contributed by atoms with E-state index in [9.17, 15) is 30.8 Å². The van der Waals surface area contributed by atoms with Gasteiger partial charge in [-0.1, -0.05) is 6.58 Å². The Kier molecular flexibility index (Phi) is 5.29. The Hall–Kier alpha value is -0.430. The summed E-state index contributed by atoms with van der Waals surface area (Å²) >= 11 is 1.68. The lowest BCUT2D eigenvalue weighted by atomic mass is 9.79. The van der Waals surface area contributed by atoms with Crippen molar-refractivity contribution in [3.8, 4) is 0 Å². The van der Waals surface area contributed by atoms with Gasteiger partial charge in [0.25, 0.3) is 0 Å². The van der Waals surface area contributed by atoms with E-state index < -0.39 is 39.1 Å². The first-order valence-corrected chi connectivity index (χ1v) is 9.55. The minimum absolute atomic E-state index is 0.0188. The number of halogens is 5. The number of rotatable bonds is 6. The molecule has 0 aromatic rings.